The maximum absolute atomic E-state index is 10.6. The third-order valence-corrected chi connectivity index (χ3v) is 1.17. The van der Waals surface area contributed by atoms with Gasteiger partial charge < -0.3 is 14.3 Å². The van der Waals surface area contributed by atoms with Crippen LogP contribution in [-0.2, 0) is 19.1 Å². The number of methoxy groups -OCH3 is 1. The van der Waals surface area contributed by atoms with Gasteiger partial charge in [-0.2, -0.15) is 0 Å². The highest BCUT2D eigenvalue weighted by atomic mass is 16.6. The fourth-order valence-corrected chi connectivity index (χ4v) is 0.603. The van der Waals surface area contributed by atoms with Gasteiger partial charge in [0, 0.05) is 6.92 Å². The van der Waals surface area contributed by atoms with Crippen LogP contribution in [0.15, 0.2) is 5.16 Å². The van der Waals surface area contributed by atoms with Gasteiger partial charge in [0.2, 0.25) is 5.90 Å². The minimum absolute atomic E-state index is 0.194. The van der Waals surface area contributed by atoms with Crippen LogP contribution in [0.3, 0.4) is 0 Å². The molecule has 13 heavy (non-hydrogen) atoms. The molecule has 0 aliphatic heterocycles. The van der Waals surface area contributed by atoms with Crippen molar-refractivity contribution in [1.82, 2.24) is 0 Å². The largest absolute Gasteiger partial charge is 0.479 e. The molecule has 0 unspecified atom stereocenters. The third kappa shape index (κ3) is 7.11. The van der Waals surface area contributed by atoms with Crippen LogP contribution in [0.4, 0.5) is 0 Å². The van der Waals surface area contributed by atoms with Crippen molar-refractivity contribution in [2.24, 2.45) is 5.16 Å². The molecule has 0 heterocycles. The Morgan fingerprint density at radius 1 is 1.46 bits per heavy atom. The van der Waals surface area contributed by atoms with Crippen molar-refractivity contribution in [3.63, 3.8) is 0 Å². The van der Waals surface area contributed by atoms with E-state index in [1.165, 1.54) is 7.11 Å². The Labute approximate surface area is 77.6 Å². The van der Waals surface area contributed by atoms with Crippen LogP contribution in [0.25, 0.3) is 0 Å². The van der Waals surface area contributed by atoms with Crippen LogP contribution in [0.1, 0.15) is 20.3 Å². The number of hydrogen-bond acceptors (Lipinski definition) is 5. The van der Waals surface area contributed by atoms with Crippen LogP contribution >= 0.6 is 0 Å². The lowest BCUT2D eigenvalue weighted by molar-refractivity contribution is -0.141. The summed E-state index contributed by atoms with van der Waals surface area (Å²) in [7, 11) is 1.33. The van der Waals surface area contributed by atoms with Crippen LogP contribution < -0.4 is 0 Å². The number of carbonyl (C=O) groups is 1. The highest BCUT2D eigenvalue weighted by molar-refractivity contribution is 5.72. The first kappa shape index (κ1) is 11.7. The number of ether oxygens (including phenoxy) is 2. The van der Waals surface area contributed by atoms with Crippen molar-refractivity contribution in [3.05, 3.63) is 0 Å². The molecule has 0 atom stereocenters. The average molecular weight is 189 g/mol. The van der Waals surface area contributed by atoms with Gasteiger partial charge in [0.1, 0.15) is 6.61 Å². The van der Waals surface area contributed by atoms with E-state index in [1.54, 1.807) is 6.92 Å². The molecule has 0 radical (unpaired) electrons. The van der Waals surface area contributed by atoms with E-state index in [0.29, 0.717) is 12.5 Å². The first-order chi connectivity index (χ1) is 6.20. The second-order valence-electron chi connectivity index (χ2n) is 2.20. The summed E-state index contributed by atoms with van der Waals surface area (Å²) < 4.78 is 9.39. The van der Waals surface area contributed by atoms with Gasteiger partial charge in [0.05, 0.1) is 20.1 Å². The molecular weight excluding hydrogens is 174 g/mol. The normalized spacial score (nSPS) is 10.8. The fourth-order valence-electron chi connectivity index (χ4n) is 0.603. The van der Waals surface area contributed by atoms with E-state index in [-0.39, 0.29) is 19.0 Å². The maximum atomic E-state index is 10.6. The van der Waals surface area contributed by atoms with Crippen LogP contribution in [0, 0.1) is 0 Å². The monoisotopic (exact) mass is 189 g/mol. The SMILES string of the molecule is CCO/C(C)=N\OCCC(=O)OC. The van der Waals surface area contributed by atoms with Crippen molar-refractivity contribution >= 4 is 11.9 Å². The van der Waals surface area contributed by atoms with Crippen molar-refractivity contribution in [1.29, 1.82) is 0 Å². The van der Waals surface area contributed by atoms with Gasteiger partial charge in [-0.1, -0.05) is 5.16 Å². The maximum Gasteiger partial charge on any atom is 0.309 e. The molecule has 0 fully saturated rings. The molecule has 0 saturated heterocycles. The van der Waals surface area contributed by atoms with Gasteiger partial charge in [-0.25, -0.2) is 0 Å². The highest BCUT2D eigenvalue weighted by Gasteiger charge is 1.99. The summed E-state index contributed by atoms with van der Waals surface area (Å²) in [6.45, 7) is 4.29. The molecule has 0 rings (SSSR count). The molecule has 0 saturated carbocycles. The minimum atomic E-state index is -0.315. The van der Waals surface area contributed by atoms with Gasteiger partial charge in [0.15, 0.2) is 0 Å². The number of esters is 1. The molecule has 0 spiro atoms. The second kappa shape index (κ2) is 7.39. The van der Waals surface area contributed by atoms with Crippen molar-refractivity contribution in [2.45, 2.75) is 20.3 Å². The predicted octanol–water partition coefficient (Wildman–Crippen LogP) is 0.936. The predicted molar refractivity (Wildman–Crippen MR) is 47.3 cm³/mol. The van der Waals surface area contributed by atoms with E-state index < -0.39 is 0 Å². The topological polar surface area (TPSA) is 57.1 Å². The number of rotatable bonds is 5. The van der Waals surface area contributed by atoms with E-state index in [2.05, 4.69) is 9.89 Å². The smallest absolute Gasteiger partial charge is 0.309 e. The molecule has 5 heteroatoms. The summed E-state index contributed by atoms with van der Waals surface area (Å²) >= 11 is 0. The second-order valence-corrected chi connectivity index (χ2v) is 2.20. The van der Waals surface area contributed by atoms with E-state index in [9.17, 15) is 4.79 Å². The molecular formula is C8H15NO4. The molecule has 0 N–H and O–H groups in total. The van der Waals surface area contributed by atoms with Crippen molar-refractivity contribution < 1.29 is 19.1 Å². The Hall–Kier alpha value is -1.26. The Bertz CT molecular complexity index is 179. The average Bonchev–Trinajstić information content (AvgIpc) is 2.12. The van der Waals surface area contributed by atoms with Crippen LogP contribution in [0.2, 0.25) is 0 Å². The summed E-state index contributed by atoms with van der Waals surface area (Å²) in [5, 5.41) is 3.61. The Balaban J connectivity index is 3.43. The summed E-state index contributed by atoms with van der Waals surface area (Å²) in [5.41, 5.74) is 0. The van der Waals surface area contributed by atoms with Gasteiger partial charge in [-0.05, 0) is 6.92 Å². The molecule has 0 aromatic heterocycles. The zero-order chi connectivity index (χ0) is 10.1. The van der Waals surface area contributed by atoms with Gasteiger partial charge >= 0.3 is 5.97 Å². The highest BCUT2D eigenvalue weighted by Crippen LogP contribution is 1.89. The zero-order valence-corrected chi connectivity index (χ0v) is 8.20. The van der Waals surface area contributed by atoms with Gasteiger partial charge in [-0.3, -0.25) is 4.79 Å². The lowest BCUT2D eigenvalue weighted by Crippen LogP contribution is -2.05. The summed E-state index contributed by atoms with van der Waals surface area (Å²) in [6.07, 6.45) is 0.194. The molecule has 76 valence electrons. The van der Waals surface area contributed by atoms with E-state index in [1.807, 2.05) is 6.92 Å². The molecule has 5 nitrogen and oxygen atoms in total. The molecule has 0 aliphatic rings. The van der Waals surface area contributed by atoms with E-state index in [0.717, 1.165) is 0 Å². The summed E-state index contributed by atoms with van der Waals surface area (Å²) in [5.74, 6) is 0.136. The summed E-state index contributed by atoms with van der Waals surface area (Å²) in [6, 6.07) is 0. The summed E-state index contributed by atoms with van der Waals surface area (Å²) in [4.78, 5) is 15.4. The number of carbonyl (C=O) groups excluding carboxylic acids is 1. The first-order valence-corrected chi connectivity index (χ1v) is 4.06. The van der Waals surface area contributed by atoms with Crippen LogP contribution in [-0.4, -0.2) is 32.2 Å². The number of nitrogens with zero attached hydrogens (tertiary/aromatic N) is 1. The Morgan fingerprint density at radius 3 is 2.69 bits per heavy atom. The molecule has 0 bridgehead atoms. The quantitative estimate of drug-likeness (QED) is 0.212. The fraction of sp³-hybridized carbons (Fsp3) is 0.750. The lowest BCUT2D eigenvalue weighted by Gasteiger charge is -2.01. The third-order valence-electron chi connectivity index (χ3n) is 1.17. The minimum Gasteiger partial charge on any atom is -0.479 e. The number of hydrogen-bond donors (Lipinski definition) is 0. The van der Waals surface area contributed by atoms with E-state index >= 15 is 0 Å². The zero-order valence-electron chi connectivity index (χ0n) is 8.20. The Kier molecular flexibility index (Phi) is 6.68. The standard InChI is InChI=1S/C8H15NO4/c1-4-12-7(2)9-13-6-5-8(10)11-3/h4-6H2,1-3H3/b9-7-. The molecule has 0 aliphatic carbocycles. The van der Waals surface area contributed by atoms with Crippen molar-refractivity contribution in [3.8, 4) is 0 Å². The van der Waals surface area contributed by atoms with Gasteiger partial charge in [0.25, 0.3) is 0 Å². The van der Waals surface area contributed by atoms with Crippen molar-refractivity contribution in [2.75, 3.05) is 20.3 Å². The molecule has 0 aromatic rings. The lowest BCUT2D eigenvalue weighted by atomic mass is 10.5. The van der Waals surface area contributed by atoms with Gasteiger partial charge in [-0.15, -0.1) is 0 Å². The first-order valence-electron chi connectivity index (χ1n) is 4.06. The molecule has 0 amide bonds. The van der Waals surface area contributed by atoms with Crippen LogP contribution in [0.5, 0.6) is 0 Å². The van der Waals surface area contributed by atoms with E-state index in [4.69, 9.17) is 9.57 Å². The number of oxime groups is 1. The Morgan fingerprint density at radius 2 is 2.15 bits per heavy atom. The molecule has 0 aromatic carbocycles.